The van der Waals surface area contributed by atoms with Crippen LogP contribution in [0.25, 0.3) is 10.2 Å². The zero-order valence-corrected chi connectivity index (χ0v) is 13.0. The van der Waals surface area contributed by atoms with E-state index in [4.69, 9.17) is 11.6 Å². The van der Waals surface area contributed by atoms with Gasteiger partial charge in [0.1, 0.15) is 10.6 Å². The Kier molecular flexibility index (Phi) is 4.10. The highest BCUT2D eigenvalue weighted by Crippen LogP contribution is 2.36. The smallest absolute Gasteiger partial charge is 0.225 e. The van der Waals surface area contributed by atoms with Crippen molar-refractivity contribution in [2.24, 2.45) is 0 Å². The molecule has 6 heteroatoms. The number of halogens is 1. The van der Waals surface area contributed by atoms with Crippen molar-refractivity contribution in [2.75, 3.05) is 18.1 Å². The Morgan fingerprint density at radius 1 is 1.45 bits per heavy atom. The van der Waals surface area contributed by atoms with Gasteiger partial charge in [0.05, 0.1) is 12.0 Å². The molecule has 1 saturated carbocycles. The number of hydrogen-bond donors (Lipinski definition) is 1. The lowest BCUT2D eigenvalue weighted by atomic mass is 9.91. The Morgan fingerprint density at radius 2 is 2.25 bits per heavy atom. The highest BCUT2D eigenvalue weighted by molar-refractivity contribution is 7.18. The van der Waals surface area contributed by atoms with Gasteiger partial charge in [0.25, 0.3) is 0 Å². The van der Waals surface area contributed by atoms with Crippen LogP contribution in [-0.2, 0) is 6.42 Å². The van der Waals surface area contributed by atoms with Crippen LogP contribution in [0.2, 0.25) is 5.28 Å². The lowest BCUT2D eigenvalue weighted by molar-refractivity contribution is 0.283. The monoisotopic (exact) mass is 311 g/mol. The predicted octanol–water partition coefficient (Wildman–Crippen LogP) is 3.26. The number of nitrogens with zero attached hydrogens (tertiary/aromatic N) is 3. The Morgan fingerprint density at radius 3 is 2.85 bits per heavy atom. The maximum atomic E-state index is 9.34. The van der Waals surface area contributed by atoms with Crippen molar-refractivity contribution in [1.82, 2.24) is 9.97 Å². The van der Waals surface area contributed by atoms with E-state index in [2.05, 4.69) is 27.9 Å². The summed E-state index contributed by atoms with van der Waals surface area (Å²) in [6.45, 7) is 2.87. The molecule has 108 valence electrons. The fourth-order valence-corrected chi connectivity index (χ4v) is 3.77. The van der Waals surface area contributed by atoms with Crippen LogP contribution in [-0.4, -0.2) is 34.3 Å². The molecule has 0 aliphatic heterocycles. The molecule has 0 radical (unpaired) electrons. The number of thiophene rings is 1. The average Bonchev–Trinajstić information content (AvgIpc) is 2.78. The van der Waals surface area contributed by atoms with Gasteiger partial charge in [-0.1, -0.05) is 6.92 Å². The molecule has 1 aliphatic carbocycles. The molecule has 0 bridgehead atoms. The lowest BCUT2D eigenvalue weighted by Crippen LogP contribution is -2.42. The van der Waals surface area contributed by atoms with Crippen LogP contribution < -0.4 is 4.90 Å². The molecule has 0 atom stereocenters. The molecule has 4 nitrogen and oxygen atoms in total. The number of rotatable bonds is 5. The van der Waals surface area contributed by atoms with E-state index >= 15 is 0 Å². The van der Waals surface area contributed by atoms with Crippen LogP contribution >= 0.6 is 22.9 Å². The third-order valence-electron chi connectivity index (χ3n) is 3.87. The maximum absolute atomic E-state index is 9.34. The fourth-order valence-electron chi connectivity index (χ4n) is 2.59. The summed E-state index contributed by atoms with van der Waals surface area (Å²) in [6.07, 6.45) is 4.56. The zero-order chi connectivity index (χ0) is 14.1. The number of aliphatic hydroxyl groups excluding tert-OH is 1. The number of aromatic nitrogens is 2. The first kappa shape index (κ1) is 14.0. The Hall–Kier alpha value is -0.910. The SMILES string of the molecule is CCc1cc2c(N(CCO)C3CCC3)nc(Cl)nc2s1. The summed E-state index contributed by atoms with van der Waals surface area (Å²) >= 11 is 7.76. The Labute approximate surface area is 127 Å². The van der Waals surface area contributed by atoms with Crippen LogP contribution in [0.15, 0.2) is 6.07 Å². The van der Waals surface area contributed by atoms with Gasteiger partial charge in [0, 0.05) is 17.5 Å². The number of aliphatic hydroxyl groups is 1. The minimum absolute atomic E-state index is 0.129. The molecule has 1 fully saturated rings. The predicted molar refractivity (Wildman–Crippen MR) is 83.9 cm³/mol. The fraction of sp³-hybridized carbons (Fsp3) is 0.571. The van der Waals surface area contributed by atoms with Crippen molar-refractivity contribution < 1.29 is 5.11 Å². The first-order valence-electron chi connectivity index (χ1n) is 7.06. The minimum Gasteiger partial charge on any atom is -0.395 e. The minimum atomic E-state index is 0.129. The van der Waals surface area contributed by atoms with Crippen molar-refractivity contribution in [3.63, 3.8) is 0 Å². The summed E-state index contributed by atoms with van der Waals surface area (Å²) in [5.41, 5.74) is 0. The third-order valence-corrected chi connectivity index (χ3v) is 5.22. The topological polar surface area (TPSA) is 49.2 Å². The highest BCUT2D eigenvalue weighted by Gasteiger charge is 2.27. The zero-order valence-electron chi connectivity index (χ0n) is 11.5. The quantitative estimate of drug-likeness (QED) is 0.861. The standard InChI is InChI=1S/C14H18ClN3OS/c1-2-10-8-11-12(16-14(15)17-13(11)20-10)18(6-7-19)9-4-3-5-9/h8-9,19H,2-7H2,1H3. The van der Waals surface area contributed by atoms with Crippen LogP contribution in [0.5, 0.6) is 0 Å². The Balaban J connectivity index is 2.09. The van der Waals surface area contributed by atoms with Crippen LogP contribution in [0.4, 0.5) is 5.82 Å². The molecule has 20 heavy (non-hydrogen) atoms. The molecule has 0 spiro atoms. The number of fused-ring (bicyclic) bond motifs is 1. The molecule has 1 N–H and O–H groups in total. The second-order valence-corrected chi connectivity index (χ2v) is 6.56. The van der Waals surface area contributed by atoms with Gasteiger partial charge in [-0.2, -0.15) is 4.98 Å². The van der Waals surface area contributed by atoms with E-state index in [9.17, 15) is 5.11 Å². The van der Waals surface area contributed by atoms with E-state index in [-0.39, 0.29) is 6.61 Å². The largest absolute Gasteiger partial charge is 0.395 e. The van der Waals surface area contributed by atoms with E-state index in [1.807, 2.05) is 0 Å². The van der Waals surface area contributed by atoms with Gasteiger partial charge in [-0.05, 0) is 43.4 Å². The van der Waals surface area contributed by atoms with Gasteiger partial charge in [0.15, 0.2) is 0 Å². The van der Waals surface area contributed by atoms with Crippen LogP contribution in [0, 0.1) is 0 Å². The summed E-state index contributed by atoms with van der Waals surface area (Å²) < 4.78 is 0. The summed E-state index contributed by atoms with van der Waals surface area (Å²) in [5.74, 6) is 0.884. The molecule has 0 unspecified atom stereocenters. The first-order chi connectivity index (χ1) is 9.72. The van der Waals surface area contributed by atoms with Crippen LogP contribution in [0.1, 0.15) is 31.1 Å². The van der Waals surface area contributed by atoms with E-state index < -0.39 is 0 Å². The molecule has 2 aromatic rings. The van der Waals surface area contributed by atoms with E-state index in [1.165, 1.54) is 11.3 Å². The average molecular weight is 312 g/mol. The lowest BCUT2D eigenvalue weighted by Gasteiger charge is -2.38. The Bertz CT molecular complexity index is 612. The van der Waals surface area contributed by atoms with Gasteiger partial charge in [0.2, 0.25) is 5.28 Å². The molecule has 0 amide bonds. The number of anilines is 1. The van der Waals surface area contributed by atoms with E-state index in [0.717, 1.165) is 35.3 Å². The van der Waals surface area contributed by atoms with Crippen LogP contribution in [0.3, 0.4) is 0 Å². The van der Waals surface area contributed by atoms with E-state index in [0.29, 0.717) is 17.9 Å². The molecular weight excluding hydrogens is 294 g/mol. The van der Waals surface area contributed by atoms with Gasteiger partial charge in [-0.15, -0.1) is 11.3 Å². The molecule has 0 saturated heterocycles. The number of hydrogen-bond acceptors (Lipinski definition) is 5. The molecule has 0 aromatic carbocycles. The first-order valence-corrected chi connectivity index (χ1v) is 8.25. The van der Waals surface area contributed by atoms with Crippen molar-refractivity contribution >= 4 is 39.0 Å². The third kappa shape index (κ3) is 2.50. The van der Waals surface area contributed by atoms with Crippen molar-refractivity contribution in [2.45, 2.75) is 38.6 Å². The number of aryl methyl sites for hydroxylation is 1. The molecule has 2 aromatic heterocycles. The second-order valence-electron chi connectivity index (χ2n) is 5.10. The molecule has 3 rings (SSSR count). The van der Waals surface area contributed by atoms with Crippen molar-refractivity contribution in [3.8, 4) is 0 Å². The van der Waals surface area contributed by atoms with Gasteiger partial charge in [-0.25, -0.2) is 4.98 Å². The molecule has 2 heterocycles. The summed E-state index contributed by atoms with van der Waals surface area (Å²) in [4.78, 5) is 13.2. The van der Waals surface area contributed by atoms with Crippen molar-refractivity contribution in [3.05, 3.63) is 16.2 Å². The highest BCUT2D eigenvalue weighted by atomic mass is 35.5. The molecular formula is C14H18ClN3OS. The second kappa shape index (κ2) is 5.84. The maximum Gasteiger partial charge on any atom is 0.225 e. The van der Waals surface area contributed by atoms with E-state index in [1.54, 1.807) is 11.3 Å². The van der Waals surface area contributed by atoms with Gasteiger partial charge >= 0.3 is 0 Å². The van der Waals surface area contributed by atoms with Gasteiger partial charge < -0.3 is 10.0 Å². The molecule has 1 aliphatic rings. The summed E-state index contributed by atoms with van der Waals surface area (Å²) in [7, 11) is 0. The summed E-state index contributed by atoms with van der Waals surface area (Å²) in [5, 5.41) is 10.7. The van der Waals surface area contributed by atoms with Gasteiger partial charge in [-0.3, -0.25) is 0 Å². The van der Waals surface area contributed by atoms with Crippen molar-refractivity contribution in [1.29, 1.82) is 0 Å². The normalized spacial score (nSPS) is 15.6. The summed E-state index contributed by atoms with van der Waals surface area (Å²) in [6, 6.07) is 2.63.